The van der Waals surface area contributed by atoms with Gasteiger partial charge < -0.3 is 29.2 Å². The molecule has 0 amide bonds. The van der Waals surface area contributed by atoms with Gasteiger partial charge in [0.2, 0.25) is 0 Å². The van der Waals surface area contributed by atoms with Crippen LogP contribution in [0.1, 0.15) is 38.1 Å². The van der Waals surface area contributed by atoms with Crippen molar-refractivity contribution in [3.63, 3.8) is 0 Å². The third kappa shape index (κ3) is 6.28. The molecule has 0 spiro atoms. The molecule has 2 heterocycles. The van der Waals surface area contributed by atoms with Crippen LogP contribution in [-0.2, 0) is 22.4 Å². The second-order valence-electron chi connectivity index (χ2n) is 8.70. The highest BCUT2D eigenvalue weighted by molar-refractivity contribution is 9.10. The van der Waals surface area contributed by atoms with E-state index >= 15 is 0 Å². The number of methoxy groups -OCH3 is 1. The monoisotopic (exact) mass is 554 g/mol. The number of alkyl halides is 2. The number of benzene rings is 1. The Balaban J connectivity index is 2.41. The van der Waals surface area contributed by atoms with E-state index in [1.165, 1.54) is 19.4 Å². The summed E-state index contributed by atoms with van der Waals surface area (Å²) in [4.78, 5) is 4.41. The largest absolute Gasteiger partial charge is 0.490 e. The number of aromatic nitrogens is 2. The molecule has 0 radical (unpaired) electrons. The van der Waals surface area contributed by atoms with E-state index in [0.29, 0.717) is 51.0 Å². The molecule has 3 rings (SSSR count). The highest BCUT2D eigenvalue weighted by atomic mass is 79.9. The molecule has 11 heteroatoms. The van der Waals surface area contributed by atoms with Crippen LogP contribution < -0.4 is 5.46 Å². The van der Waals surface area contributed by atoms with Crippen molar-refractivity contribution in [1.29, 1.82) is 0 Å². The summed E-state index contributed by atoms with van der Waals surface area (Å²) in [5.74, 6) is -3.38. The summed E-state index contributed by atoms with van der Waals surface area (Å²) in [6, 6.07) is 6.95. The SMILES string of the molecule is CO[C@@H](C)c1ncc(B(O)O)cc1-c1c(CC(F)(F)CO)c2cc(Br)ccc2n1CCOC(C)C. The van der Waals surface area contributed by atoms with E-state index in [9.17, 15) is 23.9 Å². The minimum atomic E-state index is -3.38. The highest BCUT2D eigenvalue weighted by Gasteiger charge is 2.34. The quantitative estimate of drug-likeness (QED) is 0.314. The molecule has 3 aromatic rings. The molecule has 0 unspecified atom stereocenters. The highest BCUT2D eigenvalue weighted by Crippen LogP contribution is 2.40. The maximum absolute atomic E-state index is 14.6. The Morgan fingerprint density at radius 1 is 1.20 bits per heavy atom. The van der Waals surface area contributed by atoms with E-state index in [2.05, 4.69) is 20.9 Å². The van der Waals surface area contributed by atoms with E-state index in [1.54, 1.807) is 13.0 Å². The number of pyridine rings is 1. The summed E-state index contributed by atoms with van der Waals surface area (Å²) in [7, 11) is -0.291. The summed E-state index contributed by atoms with van der Waals surface area (Å²) in [5, 5.41) is 29.6. The van der Waals surface area contributed by atoms with Gasteiger partial charge in [-0.15, -0.1) is 0 Å². The fraction of sp³-hybridized carbons (Fsp3) is 0.458. The second kappa shape index (κ2) is 11.4. The molecule has 3 N–H and O–H groups in total. The zero-order chi connectivity index (χ0) is 25.9. The van der Waals surface area contributed by atoms with Crippen molar-refractivity contribution in [2.24, 2.45) is 0 Å². The zero-order valence-corrected chi connectivity index (χ0v) is 21.7. The van der Waals surface area contributed by atoms with Crippen LogP contribution in [0.2, 0.25) is 0 Å². The number of ether oxygens (including phenoxy) is 2. The zero-order valence-electron chi connectivity index (χ0n) is 20.1. The molecule has 2 aromatic heterocycles. The molecule has 0 aliphatic heterocycles. The van der Waals surface area contributed by atoms with Gasteiger partial charge in [-0.25, -0.2) is 8.78 Å². The first-order chi connectivity index (χ1) is 16.5. The number of aliphatic hydroxyl groups is 1. The van der Waals surface area contributed by atoms with Crippen molar-refractivity contribution >= 4 is 39.4 Å². The van der Waals surface area contributed by atoms with Crippen molar-refractivity contribution < 1.29 is 33.4 Å². The molecule has 0 saturated heterocycles. The van der Waals surface area contributed by atoms with Gasteiger partial charge >= 0.3 is 7.12 Å². The molecule has 0 fully saturated rings. The van der Waals surface area contributed by atoms with Gasteiger partial charge in [0, 0.05) is 52.7 Å². The van der Waals surface area contributed by atoms with Crippen LogP contribution in [0.3, 0.4) is 0 Å². The molecular formula is C24H30BBrF2N2O5. The average Bonchev–Trinajstić information content (AvgIpc) is 3.09. The Morgan fingerprint density at radius 2 is 1.91 bits per heavy atom. The van der Waals surface area contributed by atoms with Gasteiger partial charge in [-0.3, -0.25) is 4.98 Å². The predicted molar refractivity (Wildman–Crippen MR) is 135 cm³/mol. The average molecular weight is 555 g/mol. The normalized spacial score (nSPS) is 13.1. The van der Waals surface area contributed by atoms with Gasteiger partial charge in [0.1, 0.15) is 6.61 Å². The van der Waals surface area contributed by atoms with Gasteiger partial charge in [0.05, 0.1) is 30.2 Å². The van der Waals surface area contributed by atoms with Crippen LogP contribution in [0.5, 0.6) is 0 Å². The van der Waals surface area contributed by atoms with Crippen molar-refractivity contribution in [2.75, 3.05) is 20.3 Å². The molecule has 35 heavy (non-hydrogen) atoms. The van der Waals surface area contributed by atoms with Gasteiger partial charge in [0.15, 0.2) is 0 Å². The van der Waals surface area contributed by atoms with Gasteiger partial charge in [0.25, 0.3) is 5.92 Å². The van der Waals surface area contributed by atoms with Gasteiger partial charge in [-0.2, -0.15) is 0 Å². The van der Waals surface area contributed by atoms with Crippen molar-refractivity contribution in [3.8, 4) is 11.3 Å². The Hall–Kier alpha value is -1.89. The fourth-order valence-corrected chi connectivity index (χ4v) is 4.43. The third-order valence-corrected chi connectivity index (χ3v) is 6.29. The van der Waals surface area contributed by atoms with Crippen molar-refractivity contribution in [3.05, 3.63) is 46.2 Å². The minimum Gasteiger partial charge on any atom is -0.423 e. The lowest BCUT2D eigenvalue weighted by Gasteiger charge is -2.21. The van der Waals surface area contributed by atoms with Gasteiger partial charge in [-0.05, 0) is 50.6 Å². The van der Waals surface area contributed by atoms with Crippen LogP contribution in [0, 0.1) is 0 Å². The predicted octanol–water partition coefficient (Wildman–Crippen LogP) is 3.45. The Morgan fingerprint density at radius 3 is 2.51 bits per heavy atom. The maximum Gasteiger partial charge on any atom is 0.490 e. The molecule has 190 valence electrons. The summed E-state index contributed by atoms with van der Waals surface area (Å²) >= 11 is 3.44. The molecule has 1 atom stereocenters. The van der Waals surface area contributed by atoms with Crippen LogP contribution in [0.15, 0.2) is 34.9 Å². The molecule has 0 aliphatic rings. The number of rotatable bonds is 11. The lowest BCUT2D eigenvalue weighted by Crippen LogP contribution is -2.31. The fourth-order valence-electron chi connectivity index (χ4n) is 4.07. The molecular weight excluding hydrogens is 525 g/mol. The molecule has 0 saturated carbocycles. The van der Waals surface area contributed by atoms with Crippen molar-refractivity contribution in [2.45, 2.75) is 51.9 Å². The second-order valence-corrected chi connectivity index (χ2v) is 9.62. The number of hydrogen-bond acceptors (Lipinski definition) is 6. The summed E-state index contributed by atoms with van der Waals surface area (Å²) in [6.07, 6.45) is 0.0700. The first-order valence-corrected chi connectivity index (χ1v) is 12.1. The summed E-state index contributed by atoms with van der Waals surface area (Å²) in [6.45, 7) is 4.96. The van der Waals surface area contributed by atoms with Crippen LogP contribution in [0.25, 0.3) is 22.2 Å². The van der Waals surface area contributed by atoms with Crippen LogP contribution in [-0.4, -0.2) is 64.2 Å². The smallest absolute Gasteiger partial charge is 0.423 e. The lowest BCUT2D eigenvalue weighted by atomic mass is 9.80. The Kier molecular flexibility index (Phi) is 9.06. The molecule has 0 aliphatic carbocycles. The summed E-state index contributed by atoms with van der Waals surface area (Å²) in [5.41, 5.74) is 2.45. The van der Waals surface area contributed by atoms with E-state index in [0.717, 1.165) is 0 Å². The van der Waals surface area contributed by atoms with Crippen molar-refractivity contribution in [1.82, 2.24) is 9.55 Å². The standard InChI is InChI=1S/C24H30BBrF2N2O5/c1-14(2)35-8-7-30-21-6-5-17(26)10-18(21)20(11-24(27,28)13-31)23(30)19-9-16(25(32)33)12-29-22(19)15(3)34-4/h5-6,9-10,12,14-15,31-33H,7-8,11,13H2,1-4H3/t15-/m0/s1. The molecule has 1 aromatic carbocycles. The number of aliphatic hydroxyl groups excluding tert-OH is 1. The molecule has 0 bridgehead atoms. The number of fused-ring (bicyclic) bond motifs is 1. The van der Waals surface area contributed by atoms with Gasteiger partial charge in [-0.1, -0.05) is 15.9 Å². The van der Waals surface area contributed by atoms with Crippen LogP contribution in [0.4, 0.5) is 8.78 Å². The van der Waals surface area contributed by atoms with Crippen LogP contribution >= 0.6 is 15.9 Å². The topological polar surface area (TPSA) is 97.0 Å². The first kappa shape index (κ1) is 27.7. The Bertz CT molecular complexity index is 1170. The van der Waals surface area contributed by atoms with E-state index in [4.69, 9.17) is 9.47 Å². The Labute approximate surface area is 212 Å². The maximum atomic E-state index is 14.6. The lowest BCUT2D eigenvalue weighted by molar-refractivity contribution is -0.0485. The third-order valence-electron chi connectivity index (χ3n) is 5.79. The number of halogens is 3. The van der Waals surface area contributed by atoms with E-state index < -0.39 is 32.2 Å². The van der Waals surface area contributed by atoms with E-state index in [-0.39, 0.29) is 11.6 Å². The summed E-state index contributed by atoms with van der Waals surface area (Å²) < 4.78 is 43.1. The number of hydrogen-bond donors (Lipinski definition) is 3. The minimum absolute atomic E-state index is 0.0220. The first-order valence-electron chi connectivity index (χ1n) is 11.3. The van der Waals surface area contributed by atoms with E-state index in [1.807, 2.05) is 30.5 Å². The molecule has 7 nitrogen and oxygen atoms in total. The number of nitrogens with zero attached hydrogens (tertiary/aromatic N) is 2.